The minimum Gasteiger partial charge on any atom is -0.497 e. The lowest BCUT2D eigenvalue weighted by atomic mass is 10.1. The minimum atomic E-state index is -1.05. The van der Waals surface area contributed by atoms with Gasteiger partial charge in [0.25, 0.3) is 0 Å². The van der Waals surface area contributed by atoms with Crippen LogP contribution in [0.5, 0.6) is 34.5 Å². The molecular formula is C33H27BO6. The number of fused-ring (bicyclic) bond motifs is 3. The summed E-state index contributed by atoms with van der Waals surface area (Å²) < 4.78 is 34.9. The van der Waals surface area contributed by atoms with Crippen molar-refractivity contribution in [3.63, 3.8) is 0 Å². The van der Waals surface area contributed by atoms with Gasteiger partial charge < -0.3 is 28.2 Å². The van der Waals surface area contributed by atoms with Crippen LogP contribution in [0.25, 0.3) is 32.3 Å². The molecule has 0 aromatic heterocycles. The van der Waals surface area contributed by atoms with Crippen molar-refractivity contribution >= 4 is 39.6 Å². The highest BCUT2D eigenvalue weighted by Crippen LogP contribution is 2.29. The van der Waals surface area contributed by atoms with Gasteiger partial charge in [-0.25, -0.2) is 0 Å². The quantitative estimate of drug-likeness (QED) is 0.179. The van der Waals surface area contributed by atoms with Crippen LogP contribution in [0.1, 0.15) is 0 Å². The first-order valence-corrected chi connectivity index (χ1v) is 12.8. The van der Waals surface area contributed by atoms with Gasteiger partial charge in [-0.05, 0) is 105 Å². The smallest absolute Gasteiger partial charge is 0.497 e. The molecule has 0 N–H and O–H groups in total. The van der Waals surface area contributed by atoms with Gasteiger partial charge in [-0.1, -0.05) is 36.4 Å². The molecule has 0 atom stereocenters. The van der Waals surface area contributed by atoms with E-state index in [-0.39, 0.29) is 0 Å². The van der Waals surface area contributed by atoms with Crippen LogP contribution < -0.4 is 28.2 Å². The minimum absolute atomic E-state index is 0.610. The van der Waals surface area contributed by atoms with Crippen molar-refractivity contribution < 1.29 is 28.2 Å². The second-order valence-corrected chi connectivity index (χ2v) is 9.27. The first-order valence-electron chi connectivity index (χ1n) is 12.8. The van der Waals surface area contributed by atoms with Crippen molar-refractivity contribution in [3.8, 4) is 34.5 Å². The molecule has 198 valence electrons. The third-order valence-corrected chi connectivity index (χ3v) is 6.75. The fourth-order valence-corrected chi connectivity index (χ4v) is 4.61. The zero-order valence-corrected chi connectivity index (χ0v) is 22.4. The average molecular weight is 530 g/mol. The maximum Gasteiger partial charge on any atom is 0.864 e. The van der Waals surface area contributed by atoms with Crippen LogP contribution >= 0.6 is 0 Å². The molecule has 0 bridgehead atoms. The Kier molecular flexibility index (Phi) is 6.94. The van der Waals surface area contributed by atoms with E-state index in [9.17, 15) is 0 Å². The monoisotopic (exact) mass is 530 g/mol. The lowest BCUT2D eigenvalue weighted by Crippen LogP contribution is -2.37. The standard InChI is InChI=1S/C33H27BO6/c1-35-28-10-4-25-19-31(13-7-22(25)16-28)38-34(39-32-14-8-23-17-29(36-2)11-5-26(23)20-32)40-33-15-9-24-18-30(37-3)12-6-27(24)21-33/h4-21H,1-3H3. The molecule has 0 unspecified atom stereocenters. The van der Waals surface area contributed by atoms with Crippen molar-refractivity contribution in [1.29, 1.82) is 0 Å². The normalized spacial score (nSPS) is 10.9. The van der Waals surface area contributed by atoms with Gasteiger partial charge >= 0.3 is 7.32 Å². The van der Waals surface area contributed by atoms with Gasteiger partial charge in [0.1, 0.15) is 34.5 Å². The molecule has 7 heteroatoms. The van der Waals surface area contributed by atoms with Crippen molar-refractivity contribution in [2.75, 3.05) is 21.3 Å². The van der Waals surface area contributed by atoms with Crippen molar-refractivity contribution in [2.45, 2.75) is 0 Å². The molecule has 0 fully saturated rings. The predicted octanol–water partition coefficient (Wildman–Crippen LogP) is 7.69. The molecule has 6 rings (SSSR count). The van der Waals surface area contributed by atoms with E-state index in [0.717, 1.165) is 49.6 Å². The molecule has 0 spiro atoms. The molecular weight excluding hydrogens is 503 g/mol. The molecule has 0 heterocycles. The highest BCUT2D eigenvalue weighted by Gasteiger charge is 2.30. The fourth-order valence-electron chi connectivity index (χ4n) is 4.61. The molecule has 0 aliphatic carbocycles. The lowest BCUT2D eigenvalue weighted by molar-refractivity contribution is 0.308. The van der Waals surface area contributed by atoms with Gasteiger partial charge in [0.2, 0.25) is 0 Å². The molecule has 0 amide bonds. The first kappa shape index (κ1) is 25.3. The summed E-state index contributed by atoms with van der Waals surface area (Å²) in [4.78, 5) is 0. The Hall–Kier alpha value is -5.04. The van der Waals surface area contributed by atoms with Gasteiger partial charge in [-0.15, -0.1) is 0 Å². The molecule has 0 radical (unpaired) electrons. The topological polar surface area (TPSA) is 55.4 Å². The Morgan fingerprint density at radius 3 is 0.800 bits per heavy atom. The lowest BCUT2D eigenvalue weighted by Gasteiger charge is -2.18. The zero-order valence-electron chi connectivity index (χ0n) is 22.4. The Morgan fingerprint density at radius 2 is 0.550 bits per heavy atom. The van der Waals surface area contributed by atoms with Crippen LogP contribution in [0.15, 0.2) is 109 Å². The molecule has 6 aromatic carbocycles. The van der Waals surface area contributed by atoms with E-state index in [1.165, 1.54) is 0 Å². The number of ether oxygens (including phenoxy) is 3. The predicted molar refractivity (Wildman–Crippen MR) is 159 cm³/mol. The second kappa shape index (κ2) is 11.0. The average Bonchev–Trinajstić information content (AvgIpc) is 3.00. The highest BCUT2D eigenvalue weighted by molar-refractivity contribution is 6.39. The first-order chi connectivity index (χ1) is 19.6. The Bertz CT molecular complexity index is 1610. The summed E-state index contributed by atoms with van der Waals surface area (Å²) >= 11 is 0. The molecule has 0 saturated heterocycles. The van der Waals surface area contributed by atoms with Crippen LogP contribution in [0.3, 0.4) is 0 Å². The van der Waals surface area contributed by atoms with Crippen LogP contribution in [0.2, 0.25) is 0 Å². The Morgan fingerprint density at radius 1 is 0.325 bits per heavy atom. The molecule has 6 nitrogen and oxygen atoms in total. The summed E-state index contributed by atoms with van der Waals surface area (Å²) in [5.41, 5.74) is 0. The Labute approximate surface area is 232 Å². The summed E-state index contributed by atoms with van der Waals surface area (Å²) in [5.74, 6) is 4.23. The highest BCUT2D eigenvalue weighted by atomic mass is 16.7. The van der Waals surface area contributed by atoms with Gasteiger partial charge in [-0.2, -0.15) is 0 Å². The van der Waals surface area contributed by atoms with E-state index >= 15 is 0 Å². The van der Waals surface area contributed by atoms with E-state index in [1.807, 2.05) is 109 Å². The molecule has 40 heavy (non-hydrogen) atoms. The largest absolute Gasteiger partial charge is 0.864 e. The number of hydrogen-bond acceptors (Lipinski definition) is 6. The summed E-state index contributed by atoms with van der Waals surface area (Å²) in [6.07, 6.45) is 0. The SMILES string of the molecule is COc1ccc2cc(OB(Oc3ccc4cc(OC)ccc4c3)Oc3ccc4cc(OC)ccc4c3)ccc2c1. The number of hydrogen-bond donors (Lipinski definition) is 0. The van der Waals surface area contributed by atoms with Crippen molar-refractivity contribution in [1.82, 2.24) is 0 Å². The van der Waals surface area contributed by atoms with Crippen molar-refractivity contribution in [2.24, 2.45) is 0 Å². The summed E-state index contributed by atoms with van der Waals surface area (Å²) in [5, 5.41) is 6.16. The number of methoxy groups -OCH3 is 3. The molecule has 0 aliphatic rings. The van der Waals surface area contributed by atoms with E-state index < -0.39 is 7.32 Å². The number of rotatable bonds is 9. The Balaban J connectivity index is 1.31. The summed E-state index contributed by atoms with van der Waals surface area (Å²) in [7, 11) is 3.92. The number of benzene rings is 6. The third kappa shape index (κ3) is 5.40. The van der Waals surface area contributed by atoms with Gasteiger partial charge in [0, 0.05) is 0 Å². The summed E-state index contributed by atoms with van der Waals surface area (Å²) in [6, 6.07) is 35.2. The van der Waals surface area contributed by atoms with Crippen LogP contribution in [0, 0.1) is 0 Å². The second-order valence-electron chi connectivity index (χ2n) is 9.27. The molecule has 0 saturated carbocycles. The van der Waals surface area contributed by atoms with Gasteiger partial charge in [-0.3, -0.25) is 0 Å². The maximum absolute atomic E-state index is 6.27. The van der Waals surface area contributed by atoms with Crippen molar-refractivity contribution in [3.05, 3.63) is 109 Å². The van der Waals surface area contributed by atoms with E-state index in [2.05, 4.69) is 0 Å². The molecule has 0 aliphatic heterocycles. The van der Waals surface area contributed by atoms with E-state index in [0.29, 0.717) is 17.2 Å². The van der Waals surface area contributed by atoms with Crippen LogP contribution in [-0.2, 0) is 0 Å². The van der Waals surface area contributed by atoms with E-state index in [4.69, 9.17) is 28.2 Å². The zero-order chi connectivity index (χ0) is 27.5. The van der Waals surface area contributed by atoms with E-state index in [1.54, 1.807) is 21.3 Å². The van der Waals surface area contributed by atoms with Gasteiger partial charge in [0.15, 0.2) is 0 Å². The molecule has 6 aromatic rings. The third-order valence-electron chi connectivity index (χ3n) is 6.75. The van der Waals surface area contributed by atoms with Crippen LogP contribution in [-0.4, -0.2) is 28.7 Å². The maximum atomic E-state index is 6.27. The fraction of sp³-hybridized carbons (Fsp3) is 0.0909. The van der Waals surface area contributed by atoms with Crippen LogP contribution in [0.4, 0.5) is 0 Å². The summed E-state index contributed by atoms with van der Waals surface area (Å²) in [6.45, 7) is 0. The van der Waals surface area contributed by atoms with Gasteiger partial charge in [0.05, 0.1) is 21.3 Å².